The molecule has 122 valence electrons. The third-order valence-electron chi connectivity index (χ3n) is 4.04. The molecule has 0 bridgehead atoms. The number of nitrogens with zero attached hydrogens (tertiary/aromatic N) is 2. The molecule has 1 aromatic rings. The second-order valence-corrected chi connectivity index (χ2v) is 6.11. The van der Waals surface area contributed by atoms with Gasteiger partial charge in [-0.25, -0.2) is 4.98 Å². The fourth-order valence-electron chi connectivity index (χ4n) is 2.68. The Bertz CT molecular complexity index is 445. The Kier molecular flexibility index (Phi) is 6.15. The highest BCUT2D eigenvalue weighted by molar-refractivity contribution is 7.11. The lowest BCUT2D eigenvalue weighted by molar-refractivity contribution is -0.137. The number of nitrogens with two attached hydrogens (primary N) is 1. The van der Waals surface area contributed by atoms with Gasteiger partial charge in [-0.3, -0.25) is 16.2 Å². The average Bonchev–Trinajstić information content (AvgIpc) is 2.90. The Morgan fingerprint density at radius 3 is 2.24 bits per heavy atom. The molecule has 8 heteroatoms. The van der Waals surface area contributed by atoms with Crippen LogP contribution in [-0.4, -0.2) is 28.5 Å². The van der Waals surface area contributed by atoms with Crippen LogP contribution < -0.4 is 11.3 Å². The molecule has 0 aliphatic carbocycles. The van der Waals surface area contributed by atoms with E-state index in [1.54, 1.807) is 0 Å². The predicted octanol–water partition coefficient (Wildman–Crippen LogP) is 3.18. The molecule has 2 atom stereocenters. The fraction of sp³-hybridized carbons (Fsp3) is 0.769. The van der Waals surface area contributed by atoms with Gasteiger partial charge in [0.05, 0.1) is 6.04 Å². The summed E-state index contributed by atoms with van der Waals surface area (Å²) in [5, 5.41) is -0.837. The minimum absolute atomic E-state index is 0.381. The van der Waals surface area contributed by atoms with Crippen molar-refractivity contribution in [2.75, 3.05) is 13.1 Å². The minimum Gasteiger partial charge on any atom is -0.297 e. The highest BCUT2D eigenvalue weighted by atomic mass is 32.1. The summed E-state index contributed by atoms with van der Waals surface area (Å²) < 4.78 is 38.2. The number of likely N-dealkylation sites (N-methyl/N-ethyl adjacent to an activating group) is 1. The van der Waals surface area contributed by atoms with Crippen molar-refractivity contribution in [3.05, 3.63) is 16.1 Å². The average molecular weight is 324 g/mol. The number of alkyl halides is 3. The van der Waals surface area contributed by atoms with Crippen molar-refractivity contribution in [1.82, 2.24) is 15.3 Å². The number of aromatic nitrogens is 1. The zero-order valence-electron chi connectivity index (χ0n) is 12.8. The topological polar surface area (TPSA) is 54.2 Å². The molecule has 1 aromatic heterocycles. The van der Waals surface area contributed by atoms with Gasteiger partial charge in [0.15, 0.2) is 5.01 Å². The van der Waals surface area contributed by atoms with Gasteiger partial charge in [-0.05, 0) is 26.4 Å². The molecule has 0 saturated carbocycles. The molecule has 0 fully saturated rings. The monoisotopic (exact) mass is 324 g/mol. The Balaban J connectivity index is 3.18. The number of hydrogen-bond acceptors (Lipinski definition) is 5. The van der Waals surface area contributed by atoms with Gasteiger partial charge < -0.3 is 0 Å². The number of thiazole rings is 1. The molecule has 0 spiro atoms. The summed E-state index contributed by atoms with van der Waals surface area (Å²) in [6, 6.07) is -0.406. The van der Waals surface area contributed by atoms with E-state index in [0.717, 1.165) is 19.5 Å². The van der Waals surface area contributed by atoms with Crippen LogP contribution in [0.3, 0.4) is 0 Å². The zero-order chi connectivity index (χ0) is 16.3. The van der Waals surface area contributed by atoms with E-state index in [2.05, 4.69) is 15.3 Å². The molecule has 21 heavy (non-hydrogen) atoms. The summed E-state index contributed by atoms with van der Waals surface area (Å²) >= 11 is 0.648. The van der Waals surface area contributed by atoms with Crippen molar-refractivity contribution >= 4 is 11.3 Å². The summed E-state index contributed by atoms with van der Waals surface area (Å²) in [5.74, 6) is 5.65. The molecule has 0 saturated heterocycles. The third-order valence-corrected chi connectivity index (χ3v) is 5.15. The Morgan fingerprint density at radius 2 is 1.90 bits per heavy atom. The molecule has 2 unspecified atom stereocenters. The number of halogens is 3. The summed E-state index contributed by atoms with van der Waals surface area (Å²) in [7, 11) is 0. The first-order chi connectivity index (χ1) is 9.74. The van der Waals surface area contributed by atoms with Gasteiger partial charge in [0, 0.05) is 16.6 Å². The molecule has 1 rings (SSSR count). The second-order valence-electron chi connectivity index (χ2n) is 5.05. The Morgan fingerprint density at radius 1 is 1.33 bits per heavy atom. The normalized spacial score (nSPS) is 17.0. The maximum absolute atomic E-state index is 12.7. The van der Waals surface area contributed by atoms with Crippen molar-refractivity contribution in [3.8, 4) is 0 Å². The fourth-order valence-corrected chi connectivity index (χ4v) is 3.67. The van der Waals surface area contributed by atoms with Gasteiger partial charge in [-0.1, -0.05) is 20.8 Å². The molecule has 3 N–H and O–H groups in total. The van der Waals surface area contributed by atoms with Gasteiger partial charge in [-0.2, -0.15) is 13.2 Å². The first-order valence-electron chi connectivity index (χ1n) is 6.98. The molecule has 0 aliphatic heterocycles. The van der Waals surface area contributed by atoms with E-state index in [-0.39, 0.29) is 5.54 Å². The van der Waals surface area contributed by atoms with Crippen LogP contribution in [0.5, 0.6) is 0 Å². The van der Waals surface area contributed by atoms with Crippen molar-refractivity contribution in [3.63, 3.8) is 0 Å². The van der Waals surface area contributed by atoms with Crippen LogP contribution in [-0.2, 0) is 6.18 Å². The van der Waals surface area contributed by atoms with Crippen LogP contribution in [0.15, 0.2) is 6.20 Å². The van der Waals surface area contributed by atoms with Gasteiger partial charge >= 0.3 is 6.18 Å². The molecule has 1 heterocycles. The Hall–Kier alpha value is -0.700. The third kappa shape index (κ3) is 3.74. The van der Waals surface area contributed by atoms with Crippen LogP contribution in [0.25, 0.3) is 0 Å². The predicted molar refractivity (Wildman–Crippen MR) is 78.8 cm³/mol. The minimum atomic E-state index is -4.42. The van der Waals surface area contributed by atoms with E-state index in [4.69, 9.17) is 5.84 Å². The van der Waals surface area contributed by atoms with E-state index in [9.17, 15) is 13.2 Å². The molecule has 0 aromatic carbocycles. The maximum Gasteiger partial charge on any atom is 0.443 e. The number of hydrogen-bond donors (Lipinski definition) is 2. The second kappa shape index (κ2) is 7.04. The van der Waals surface area contributed by atoms with Crippen LogP contribution in [0.4, 0.5) is 13.2 Å². The van der Waals surface area contributed by atoms with Crippen LogP contribution in [0.1, 0.15) is 50.0 Å². The summed E-state index contributed by atoms with van der Waals surface area (Å²) in [4.78, 5) is 6.19. The molecule has 0 amide bonds. The molecular formula is C13H23F3N4S. The van der Waals surface area contributed by atoms with Crippen molar-refractivity contribution in [1.29, 1.82) is 0 Å². The zero-order valence-corrected chi connectivity index (χ0v) is 13.6. The summed E-state index contributed by atoms with van der Waals surface area (Å²) in [5.41, 5.74) is 2.30. The lowest BCUT2D eigenvalue weighted by Gasteiger charge is -2.45. The lowest BCUT2D eigenvalue weighted by atomic mass is 9.86. The Labute approximate surface area is 127 Å². The van der Waals surface area contributed by atoms with E-state index in [0.29, 0.717) is 16.2 Å². The largest absolute Gasteiger partial charge is 0.443 e. The standard InChI is InChI=1S/C13H23F3N4S/c1-5-12(4,20(6-2)7-3)10(19-17)9-8-18-11(21-9)13(14,15)16/h8,10,19H,5-7,17H2,1-4H3. The molecule has 0 radical (unpaired) electrons. The molecule has 0 aliphatic rings. The highest BCUT2D eigenvalue weighted by Crippen LogP contribution is 2.39. The molecular weight excluding hydrogens is 301 g/mol. The molecule has 4 nitrogen and oxygen atoms in total. The quantitative estimate of drug-likeness (QED) is 0.597. The first-order valence-corrected chi connectivity index (χ1v) is 7.80. The van der Waals surface area contributed by atoms with E-state index in [1.165, 1.54) is 6.20 Å². The van der Waals surface area contributed by atoms with E-state index in [1.807, 2.05) is 27.7 Å². The smallest absolute Gasteiger partial charge is 0.297 e. The van der Waals surface area contributed by atoms with Gasteiger partial charge in [0.25, 0.3) is 0 Å². The number of rotatable bonds is 7. The van der Waals surface area contributed by atoms with Crippen LogP contribution >= 0.6 is 11.3 Å². The number of nitrogens with one attached hydrogen (secondary N) is 1. The first kappa shape index (κ1) is 18.3. The van der Waals surface area contributed by atoms with Crippen LogP contribution in [0, 0.1) is 0 Å². The van der Waals surface area contributed by atoms with Crippen LogP contribution in [0.2, 0.25) is 0 Å². The van der Waals surface area contributed by atoms with Crippen molar-refractivity contribution < 1.29 is 13.2 Å². The van der Waals surface area contributed by atoms with Gasteiger partial charge in [0.1, 0.15) is 0 Å². The lowest BCUT2D eigenvalue weighted by Crippen LogP contribution is -2.55. The van der Waals surface area contributed by atoms with E-state index >= 15 is 0 Å². The van der Waals surface area contributed by atoms with Gasteiger partial charge in [-0.15, -0.1) is 11.3 Å². The highest BCUT2D eigenvalue weighted by Gasteiger charge is 2.41. The maximum atomic E-state index is 12.7. The summed E-state index contributed by atoms with van der Waals surface area (Å²) in [6.07, 6.45) is -2.39. The van der Waals surface area contributed by atoms with Crippen molar-refractivity contribution in [2.24, 2.45) is 5.84 Å². The van der Waals surface area contributed by atoms with Crippen molar-refractivity contribution in [2.45, 2.75) is 51.9 Å². The van der Waals surface area contributed by atoms with E-state index < -0.39 is 17.2 Å². The SMILES string of the molecule is CCN(CC)C(C)(CC)C(NN)c1cnc(C(F)(F)F)s1. The summed E-state index contributed by atoms with van der Waals surface area (Å²) in [6.45, 7) is 9.66. The number of hydrazine groups is 1. The van der Waals surface area contributed by atoms with Gasteiger partial charge in [0.2, 0.25) is 0 Å².